The van der Waals surface area contributed by atoms with Crippen molar-refractivity contribution in [2.24, 2.45) is 5.92 Å². The van der Waals surface area contributed by atoms with Crippen LogP contribution in [0.1, 0.15) is 58.2 Å². The summed E-state index contributed by atoms with van der Waals surface area (Å²) in [6, 6.07) is 8.04. The summed E-state index contributed by atoms with van der Waals surface area (Å²) in [7, 11) is 0. The highest BCUT2D eigenvalue weighted by Crippen LogP contribution is 2.39. The van der Waals surface area contributed by atoms with Crippen molar-refractivity contribution in [1.29, 1.82) is 0 Å². The predicted octanol–water partition coefficient (Wildman–Crippen LogP) is 4.15. The van der Waals surface area contributed by atoms with Crippen LogP contribution in [0.5, 0.6) is 11.5 Å². The molecule has 10 nitrogen and oxygen atoms in total. The van der Waals surface area contributed by atoms with E-state index in [0.29, 0.717) is 29.2 Å². The monoisotopic (exact) mass is 496 g/mol. The molecule has 0 fully saturated rings. The number of ether oxygens (including phenoxy) is 2. The number of hydrogen-bond donors (Lipinski definition) is 2. The Morgan fingerprint density at radius 2 is 1.92 bits per heavy atom. The van der Waals surface area contributed by atoms with Crippen molar-refractivity contribution in [2.45, 2.75) is 65.2 Å². The molecule has 4 rings (SSSR count). The highest BCUT2D eigenvalue weighted by molar-refractivity contribution is 5.95. The summed E-state index contributed by atoms with van der Waals surface area (Å²) in [4.78, 5) is 40.3. The number of carbonyl (C=O) groups is 2. The Hall–Kier alpha value is -3.82. The maximum atomic E-state index is 14.0. The van der Waals surface area contributed by atoms with Crippen LogP contribution in [-0.2, 0) is 16.1 Å². The van der Waals surface area contributed by atoms with Gasteiger partial charge in [0, 0.05) is 35.5 Å². The Bertz CT molecular complexity index is 1190. The van der Waals surface area contributed by atoms with E-state index >= 15 is 0 Å². The Morgan fingerprint density at radius 3 is 2.58 bits per heavy atom. The standard InChI is InChI=1S/C26H32N4O6/c1-15(2)10-20-25(32)29(13-16-6-9-21-22(11-16)36-14-35-21)23(24(31)28-26(3,4)5)18-12-17(30(33)34)7-8-19(18)27-20/h6-9,11-12,15,20,23,27H,10,13-14H2,1-5H3,(H,28,31)/t20-,23?/m0/s1. The van der Waals surface area contributed by atoms with Crippen LogP contribution in [0.2, 0.25) is 0 Å². The third-order valence-electron chi connectivity index (χ3n) is 6.01. The minimum Gasteiger partial charge on any atom is -0.454 e. The summed E-state index contributed by atoms with van der Waals surface area (Å²) < 4.78 is 10.9. The third-order valence-corrected chi connectivity index (χ3v) is 6.01. The van der Waals surface area contributed by atoms with E-state index in [9.17, 15) is 19.7 Å². The first kappa shape index (κ1) is 25.3. The molecule has 1 unspecified atom stereocenters. The van der Waals surface area contributed by atoms with Gasteiger partial charge in [-0.1, -0.05) is 19.9 Å². The molecule has 2 amide bonds. The van der Waals surface area contributed by atoms with E-state index in [1.54, 1.807) is 18.2 Å². The van der Waals surface area contributed by atoms with Gasteiger partial charge in [-0.3, -0.25) is 19.7 Å². The van der Waals surface area contributed by atoms with Gasteiger partial charge in [0.15, 0.2) is 11.5 Å². The van der Waals surface area contributed by atoms with Gasteiger partial charge in [0.25, 0.3) is 5.69 Å². The van der Waals surface area contributed by atoms with E-state index in [1.807, 2.05) is 40.7 Å². The second-order valence-corrected chi connectivity index (χ2v) is 10.7. The van der Waals surface area contributed by atoms with Gasteiger partial charge in [0.05, 0.1) is 4.92 Å². The lowest BCUT2D eigenvalue weighted by Crippen LogP contribution is -2.50. The highest BCUT2D eigenvalue weighted by atomic mass is 16.7. The number of benzene rings is 2. The molecule has 2 aliphatic heterocycles. The number of fused-ring (bicyclic) bond motifs is 2. The Morgan fingerprint density at radius 1 is 1.19 bits per heavy atom. The second kappa shape index (κ2) is 9.67. The number of nitrogens with one attached hydrogen (secondary N) is 2. The number of amides is 2. The van der Waals surface area contributed by atoms with E-state index in [-0.39, 0.29) is 30.9 Å². The summed E-state index contributed by atoms with van der Waals surface area (Å²) in [5.41, 5.74) is 0.927. The van der Waals surface area contributed by atoms with Crippen LogP contribution in [0, 0.1) is 16.0 Å². The summed E-state index contributed by atoms with van der Waals surface area (Å²) in [5, 5.41) is 17.8. The van der Waals surface area contributed by atoms with Gasteiger partial charge < -0.3 is 25.0 Å². The van der Waals surface area contributed by atoms with Crippen LogP contribution in [0.4, 0.5) is 11.4 Å². The zero-order valence-electron chi connectivity index (χ0n) is 21.2. The molecule has 0 saturated heterocycles. The van der Waals surface area contributed by atoms with Crippen LogP contribution in [0.25, 0.3) is 0 Å². The molecular weight excluding hydrogens is 464 g/mol. The largest absolute Gasteiger partial charge is 0.454 e. The van der Waals surface area contributed by atoms with Crippen LogP contribution in [0.15, 0.2) is 36.4 Å². The zero-order valence-corrected chi connectivity index (χ0v) is 21.2. The smallest absolute Gasteiger partial charge is 0.269 e. The fraction of sp³-hybridized carbons (Fsp3) is 0.462. The third kappa shape index (κ3) is 5.37. The van der Waals surface area contributed by atoms with Crippen molar-refractivity contribution >= 4 is 23.2 Å². The molecule has 0 aromatic heterocycles. The lowest BCUT2D eigenvalue weighted by atomic mass is 9.99. The highest BCUT2D eigenvalue weighted by Gasteiger charge is 2.41. The molecule has 192 valence electrons. The van der Waals surface area contributed by atoms with Crippen LogP contribution >= 0.6 is 0 Å². The molecule has 2 aromatic carbocycles. The number of nitro groups is 1. The minimum atomic E-state index is -1.08. The van der Waals surface area contributed by atoms with Gasteiger partial charge in [-0.05, 0) is 56.9 Å². The van der Waals surface area contributed by atoms with Gasteiger partial charge in [-0.25, -0.2) is 0 Å². The molecule has 0 bridgehead atoms. The van der Waals surface area contributed by atoms with E-state index in [2.05, 4.69) is 10.6 Å². The normalized spacial score (nSPS) is 18.9. The molecule has 36 heavy (non-hydrogen) atoms. The van der Waals surface area contributed by atoms with Crippen molar-refractivity contribution in [3.63, 3.8) is 0 Å². The molecule has 0 radical (unpaired) electrons. The first-order chi connectivity index (χ1) is 16.9. The van der Waals surface area contributed by atoms with Crippen LogP contribution in [-0.4, -0.2) is 40.0 Å². The van der Waals surface area contributed by atoms with Crippen LogP contribution in [0.3, 0.4) is 0 Å². The van der Waals surface area contributed by atoms with E-state index in [1.165, 1.54) is 17.0 Å². The van der Waals surface area contributed by atoms with Gasteiger partial charge in [0.2, 0.25) is 18.6 Å². The quantitative estimate of drug-likeness (QED) is 0.455. The van der Waals surface area contributed by atoms with Crippen molar-refractivity contribution in [1.82, 2.24) is 10.2 Å². The molecule has 10 heteroatoms. The van der Waals surface area contributed by atoms with Gasteiger partial charge in [0.1, 0.15) is 12.1 Å². The number of non-ortho nitro benzene ring substituents is 1. The first-order valence-corrected chi connectivity index (χ1v) is 12.0. The van der Waals surface area contributed by atoms with Crippen LogP contribution < -0.4 is 20.1 Å². The van der Waals surface area contributed by atoms with Crippen molar-refractivity contribution < 1.29 is 24.0 Å². The maximum absolute atomic E-state index is 14.0. The van der Waals surface area contributed by atoms with Crippen molar-refractivity contribution in [3.8, 4) is 11.5 Å². The fourth-order valence-corrected chi connectivity index (χ4v) is 4.52. The zero-order chi connectivity index (χ0) is 26.2. The molecule has 0 spiro atoms. The lowest BCUT2D eigenvalue weighted by molar-refractivity contribution is -0.384. The summed E-state index contributed by atoms with van der Waals surface area (Å²) in [5.74, 6) is 0.710. The Labute approximate surface area is 210 Å². The lowest BCUT2D eigenvalue weighted by Gasteiger charge is -2.33. The predicted molar refractivity (Wildman–Crippen MR) is 134 cm³/mol. The number of hydrogen-bond acceptors (Lipinski definition) is 7. The van der Waals surface area contributed by atoms with E-state index < -0.39 is 28.5 Å². The van der Waals surface area contributed by atoms with Crippen molar-refractivity contribution in [2.75, 3.05) is 12.1 Å². The molecule has 2 atom stereocenters. The average Bonchev–Trinajstić information content (AvgIpc) is 3.21. The second-order valence-electron chi connectivity index (χ2n) is 10.7. The van der Waals surface area contributed by atoms with Gasteiger partial charge >= 0.3 is 0 Å². The number of nitrogens with zero attached hydrogens (tertiary/aromatic N) is 2. The minimum absolute atomic E-state index is 0.107. The van der Waals surface area contributed by atoms with E-state index in [4.69, 9.17) is 9.47 Å². The number of carbonyl (C=O) groups excluding carboxylic acids is 2. The Kier molecular flexibility index (Phi) is 6.79. The SMILES string of the molecule is CC(C)C[C@@H]1Nc2ccc([N+](=O)[O-])cc2C(C(=O)NC(C)(C)C)N(Cc2ccc3c(c2)OCO3)C1=O. The van der Waals surface area contributed by atoms with Gasteiger partial charge in [-0.2, -0.15) is 0 Å². The summed E-state index contributed by atoms with van der Waals surface area (Å²) in [6.45, 7) is 9.80. The van der Waals surface area contributed by atoms with Gasteiger partial charge in [-0.15, -0.1) is 0 Å². The Balaban J connectivity index is 1.85. The summed E-state index contributed by atoms with van der Waals surface area (Å²) in [6.07, 6.45) is 0.528. The molecular formula is C26H32N4O6. The molecule has 2 aliphatic rings. The summed E-state index contributed by atoms with van der Waals surface area (Å²) >= 11 is 0. The number of nitro benzene ring substituents is 1. The molecule has 2 heterocycles. The van der Waals surface area contributed by atoms with Crippen molar-refractivity contribution in [3.05, 3.63) is 57.6 Å². The first-order valence-electron chi connectivity index (χ1n) is 12.0. The topological polar surface area (TPSA) is 123 Å². The fourth-order valence-electron chi connectivity index (χ4n) is 4.52. The van der Waals surface area contributed by atoms with E-state index in [0.717, 1.165) is 5.56 Å². The molecule has 0 saturated carbocycles. The number of rotatable bonds is 6. The molecule has 0 aliphatic carbocycles. The number of anilines is 1. The molecule has 2 aromatic rings. The average molecular weight is 497 g/mol. The maximum Gasteiger partial charge on any atom is 0.269 e. The molecule has 2 N–H and O–H groups in total.